The Bertz CT molecular complexity index is 229. The molecule has 4 heteroatoms. The Morgan fingerprint density at radius 2 is 2.45 bits per heavy atom. The van der Waals surface area contributed by atoms with Crippen LogP contribution in [-0.4, -0.2) is 31.2 Å². The van der Waals surface area contributed by atoms with Crippen molar-refractivity contribution in [2.45, 2.75) is 0 Å². The molecule has 0 saturated carbocycles. The Kier molecular flexibility index (Phi) is 2.92. The highest BCUT2D eigenvalue weighted by molar-refractivity contribution is 6.33. The van der Waals surface area contributed by atoms with Gasteiger partial charge in [0.25, 0.3) is 0 Å². The van der Waals surface area contributed by atoms with E-state index in [1.54, 1.807) is 6.20 Å². The van der Waals surface area contributed by atoms with Crippen molar-refractivity contribution in [1.29, 1.82) is 0 Å². The van der Waals surface area contributed by atoms with Gasteiger partial charge in [-0.2, -0.15) is 0 Å². The Morgan fingerprint density at radius 3 is 3.09 bits per heavy atom. The molecule has 1 N–H and O–H groups in total. The number of rotatable bonds is 3. The average Bonchev–Trinajstić information content (AvgIpc) is 2.03. The summed E-state index contributed by atoms with van der Waals surface area (Å²) in [5.41, 5.74) is 0.987. The van der Waals surface area contributed by atoms with Crippen LogP contribution in [-0.2, 0) is 0 Å². The largest absolute Gasteiger partial charge is 0.476 e. The lowest BCUT2D eigenvalue weighted by Gasteiger charge is -2.04. The zero-order chi connectivity index (χ0) is 8.10. The summed E-state index contributed by atoms with van der Waals surface area (Å²) in [5.74, 6) is 0.599. The van der Waals surface area contributed by atoms with Gasteiger partial charge in [-0.3, -0.25) is 0 Å². The molecule has 0 fully saturated rings. The molecule has 1 heterocycles. The van der Waals surface area contributed by atoms with E-state index < -0.39 is 0 Å². The maximum atomic E-state index is 8.47. The molecule has 0 amide bonds. The molecule has 3 nitrogen and oxygen atoms in total. The quantitative estimate of drug-likeness (QED) is 0.546. The van der Waals surface area contributed by atoms with Crippen molar-refractivity contribution in [3.05, 3.63) is 18.3 Å². The Morgan fingerprint density at radius 1 is 1.64 bits per heavy atom. The summed E-state index contributed by atoms with van der Waals surface area (Å²) in [6.45, 7) is 0.327. The molecule has 0 atom stereocenters. The maximum absolute atomic E-state index is 8.47. The standard InChI is InChI=1S/C7H10BNO2/c8-6-2-1-3-9-7(6)11-5-4-10/h1-3,10H,4-5,8H2. The first kappa shape index (κ1) is 8.08. The van der Waals surface area contributed by atoms with Gasteiger partial charge in [0.05, 0.1) is 6.61 Å². The minimum Gasteiger partial charge on any atom is -0.476 e. The summed E-state index contributed by atoms with van der Waals surface area (Å²) >= 11 is 0. The third kappa shape index (κ3) is 2.24. The molecule has 1 rings (SSSR count). The number of aromatic nitrogens is 1. The molecule has 1 aromatic heterocycles. The number of nitrogens with zero attached hydrogens (tertiary/aromatic N) is 1. The molecular weight excluding hydrogens is 141 g/mol. The van der Waals surface area contributed by atoms with E-state index >= 15 is 0 Å². The van der Waals surface area contributed by atoms with Gasteiger partial charge in [-0.15, -0.1) is 0 Å². The Balaban J connectivity index is 2.62. The fourth-order valence-electron chi connectivity index (χ4n) is 0.765. The van der Waals surface area contributed by atoms with Crippen LogP contribution in [0.1, 0.15) is 0 Å². The topological polar surface area (TPSA) is 42.4 Å². The van der Waals surface area contributed by atoms with Gasteiger partial charge in [0, 0.05) is 6.20 Å². The molecule has 11 heavy (non-hydrogen) atoms. The molecular formula is C7H10BNO2. The smallest absolute Gasteiger partial charge is 0.206 e. The van der Waals surface area contributed by atoms with E-state index in [1.807, 2.05) is 20.0 Å². The molecule has 0 unspecified atom stereocenters. The van der Waals surface area contributed by atoms with E-state index in [2.05, 4.69) is 4.98 Å². The van der Waals surface area contributed by atoms with Crippen LogP contribution in [0.15, 0.2) is 18.3 Å². The molecule has 0 radical (unpaired) electrons. The molecule has 0 saturated heterocycles. The van der Waals surface area contributed by atoms with Crippen LogP contribution in [0, 0.1) is 0 Å². The lowest BCUT2D eigenvalue weighted by Crippen LogP contribution is -2.13. The van der Waals surface area contributed by atoms with Gasteiger partial charge in [0.1, 0.15) is 14.5 Å². The molecule has 0 aliphatic carbocycles. The number of aliphatic hydroxyl groups excluding tert-OH is 1. The van der Waals surface area contributed by atoms with E-state index in [9.17, 15) is 0 Å². The molecule has 58 valence electrons. The van der Waals surface area contributed by atoms with Crippen LogP contribution in [0.4, 0.5) is 0 Å². The summed E-state index contributed by atoms with van der Waals surface area (Å²) < 4.78 is 5.12. The highest BCUT2D eigenvalue weighted by atomic mass is 16.5. The van der Waals surface area contributed by atoms with Crippen molar-refractivity contribution < 1.29 is 9.84 Å². The zero-order valence-corrected chi connectivity index (χ0v) is 6.45. The second-order valence-electron chi connectivity index (χ2n) is 2.20. The van der Waals surface area contributed by atoms with E-state index in [4.69, 9.17) is 9.84 Å². The van der Waals surface area contributed by atoms with Crippen LogP contribution in [0.3, 0.4) is 0 Å². The van der Waals surface area contributed by atoms with Crippen LogP contribution < -0.4 is 10.2 Å². The van der Waals surface area contributed by atoms with Gasteiger partial charge in [0.2, 0.25) is 5.88 Å². The summed E-state index contributed by atoms with van der Waals surface area (Å²) in [4.78, 5) is 3.98. The highest BCUT2D eigenvalue weighted by Gasteiger charge is 1.96. The van der Waals surface area contributed by atoms with Crippen LogP contribution in [0.2, 0.25) is 0 Å². The number of ether oxygens (including phenoxy) is 1. The van der Waals surface area contributed by atoms with Gasteiger partial charge in [-0.1, -0.05) is 6.07 Å². The summed E-state index contributed by atoms with van der Waals surface area (Å²) in [5, 5.41) is 8.47. The molecule has 0 aliphatic heterocycles. The van der Waals surface area contributed by atoms with Crippen LogP contribution >= 0.6 is 0 Å². The fraction of sp³-hybridized carbons (Fsp3) is 0.286. The predicted octanol–water partition coefficient (Wildman–Crippen LogP) is -1.29. The third-order valence-corrected chi connectivity index (χ3v) is 1.29. The first-order valence-corrected chi connectivity index (χ1v) is 3.50. The van der Waals surface area contributed by atoms with Crippen molar-refractivity contribution in [3.63, 3.8) is 0 Å². The first-order valence-electron chi connectivity index (χ1n) is 3.50. The Labute approximate surface area is 66.4 Å². The zero-order valence-electron chi connectivity index (χ0n) is 6.45. The molecule has 1 aromatic rings. The lowest BCUT2D eigenvalue weighted by molar-refractivity contribution is 0.198. The van der Waals surface area contributed by atoms with Gasteiger partial charge in [-0.25, -0.2) is 4.98 Å². The van der Waals surface area contributed by atoms with E-state index in [0.29, 0.717) is 12.5 Å². The molecule has 0 spiro atoms. The summed E-state index contributed by atoms with van der Waals surface area (Å²) in [6, 6.07) is 3.76. The molecule has 0 aromatic carbocycles. The van der Waals surface area contributed by atoms with Gasteiger partial charge < -0.3 is 9.84 Å². The second kappa shape index (κ2) is 3.98. The lowest BCUT2D eigenvalue weighted by atomic mass is 9.98. The number of hydrogen-bond donors (Lipinski definition) is 1. The number of aliphatic hydroxyl groups is 1. The number of hydrogen-bond acceptors (Lipinski definition) is 3. The third-order valence-electron chi connectivity index (χ3n) is 1.29. The predicted molar refractivity (Wildman–Crippen MR) is 45.0 cm³/mol. The van der Waals surface area contributed by atoms with Gasteiger partial charge >= 0.3 is 0 Å². The molecule has 0 bridgehead atoms. The SMILES string of the molecule is Bc1cccnc1OCCO. The van der Waals surface area contributed by atoms with E-state index in [-0.39, 0.29) is 6.61 Å². The van der Waals surface area contributed by atoms with Crippen molar-refractivity contribution in [2.75, 3.05) is 13.2 Å². The fourth-order valence-corrected chi connectivity index (χ4v) is 0.765. The van der Waals surface area contributed by atoms with Crippen molar-refractivity contribution in [3.8, 4) is 5.88 Å². The minimum atomic E-state index is 0.0238. The monoisotopic (exact) mass is 151 g/mol. The van der Waals surface area contributed by atoms with Crippen LogP contribution in [0.25, 0.3) is 0 Å². The highest BCUT2D eigenvalue weighted by Crippen LogP contribution is 1.97. The van der Waals surface area contributed by atoms with Crippen LogP contribution in [0.5, 0.6) is 5.88 Å². The maximum Gasteiger partial charge on any atom is 0.206 e. The summed E-state index contributed by atoms with van der Waals surface area (Å²) in [7, 11) is 1.92. The van der Waals surface area contributed by atoms with Crippen molar-refractivity contribution >= 4 is 13.3 Å². The van der Waals surface area contributed by atoms with Gasteiger partial charge in [-0.05, 0) is 11.5 Å². The normalized spacial score (nSPS) is 9.55. The number of pyridine rings is 1. The van der Waals surface area contributed by atoms with Crippen molar-refractivity contribution in [2.24, 2.45) is 0 Å². The average molecular weight is 151 g/mol. The summed E-state index contributed by atoms with van der Waals surface area (Å²) in [6.07, 6.45) is 1.67. The Hall–Kier alpha value is -1.03. The van der Waals surface area contributed by atoms with E-state index in [0.717, 1.165) is 5.46 Å². The molecule has 0 aliphatic rings. The van der Waals surface area contributed by atoms with E-state index in [1.165, 1.54) is 0 Å². The first-order chi connectivity index (χ1) is 5.34. The minimum absolute atomic E-state index is 0.0238. The second-order valence-corrected chi connectivity index (χ2v) is 2.20. The van der Waals surface area contributed by atoms with Gasteiger partial charge in [0.15, 0.2) is 0 Å². The van der Waals surface area contributed by atoms with Crippen molar-refractivity contribution in [1.82, 2.24) is 4.98 Å².